The SMILES string of the molecule is CCC1=NC2CCCCCC2C1C. The summed E-state index contributed by atoms with van der Waals surface area (Å²) in [5, 5.41) is 0. The first-order valence-corrected chi connectivity index (χ1v) is 5.89. The van der Waals surface area contributed by atoms with Crippen LogP contribution < -0.4 is 0 Å². The van der Waals surface area contributed by atoms with Gasteiger partial charge in [0.15, 0.2) is 0 Å². The standard InChI is InChI=1S/C12H21N/c1-3-11-9(2)10-7-5-4-6-8-12(10)13-11/h9-10,12H,3-8H2,1-2H3. The highest BCUT2D eigenvalue weighted by Gasteiger charge is 2.35. The third-order valence-corrected chi connectivity index (χ3v) is 3.89. The molecule has 0 amide bonds. The molecule has 1 heteroatoms. The van der Waals surface area contributed by atoms with Crippen LogP contribution in [0.2, 0.25) is 0 Å². The van der Waals surface area contributed by atoms with Gasteiger partial charge in [-0.15, -0.1) is 0 Å². The Hall–Kier alpha value is -0.330. The lowest BCUT2D eigenvalue weighted by molar-refractivity contribution is 0.372. The third-order valence-electron chi connectivity index (χ3n) is 3.89. The summed E-state index contributed by atoms with van der Waals surface area (Å²) in [5.41, 5.74) is 1.50. The summed E-state index contributed by atoms with van der Waals surface area (Å²) in [4.78, 5) is 4.89. The summed E-state index contributed by atoms with van der Waals surface area (Å²) >= 11 is 0. The summed E-state index contributed by atoms with van der Waals surface area (Å²) in [6.45, 7) is 4.64. The molecule has 0 aromatic carbocycles. The Kier molecular flexibility index (Phi) is 2.71. The van der Waals surface area contributed by atoms with E-state index in [0.29, 0.717) is 6.04 Å². The second-order valence-electron chi connectivity index (χ2n) is 4.63. The van der Waals surface area contributed by atoms with Gasteiger partial charge in [-0.3, -0.25) is 4.99 Å². The van der Waals surface area contributed by atoms with Gasteiger partial charge in [0, 0.05) is 5.71 Å². The Labute approximate surface area is 81.6 Å². The molecule has 0 aromatic rings. The van der Waals surface area contributed by atoms with Crippen LogP contribution in [0.1, 0.15) is 52.4 Å². The molecule has 2 aliphatic rings. The Balaban J connectivity index is 2.11. The average Bonchev–Trinajstić information content (AvgIpc) is 2.37. The summed E-state index contributed by atoms with van der Waals surface area (Å²) < 4.78 is 0. The number of nitrogens with zero attached hydrogens (tertiary/aromatic N) is 1. The molecule has 0 bridgehead atoms. The van der Waals surface area contributed by atoms with Gasteiger partial charge in [0.25, 0.3) is 0 Å². The van der Waals surface area contributed by atoms with Crippen LogP contribution in [0.3, 0.4) is 0 Å². The van der Waals surface area contributed by atoms with E-state index >= 15 is 0 Å². The molecule has 0 spiro atoms. The van der Waals surface area contributed by atoms with E-state index in [-0.39, 0.29) is 0 Å². The average molecular weight is 179 g/mol. The monoisotopic (exact) mass is 179 g/mol. The van der Waals surface area contributed by atoms with Crippen LogP contribution in [0, 0.1) is 11.8 Å². The predicted molar refractivity (Wildman–Crippen MR) is 57.3 cm³/mol. The van der Waals surface area contributed by atoms with Gasteiger partial charge in [0.05, 0.1) is 6.04 Å². The molecule has 13 heavy (non-hydrogen) atoms. The van der Waals surface area contributed by atoms with E-state index in [1.807, 2.05) is 0 Å². The molecule has 1 heterocycles. The Bertz CT molecular complexity index is 207. The summed E-state index contributed by atoms with van der Waals surface area (Å²) in [5.74, 6) is 1.69. The molecule has 1 fully saturated rings. The van der Waals surface area contributed by atoms with Crippen molar-refractivity contribution in [3.05, 3.63) is 0 Å². The van der Waals surface area contributed by atoms with E-state index in [0.717, 1.165) is 11.8 Å². The first kappa shape index (κ1) is 9.23. The molecule has 74 valence electrons. The maximum absolute atomic E-state index is 4.89. The highest BCUT2D eigenvalue weighted by Crippen LogP contribution is 2.37. The van der Waals surface area contributed by atoms with Crippen LogP contribution in [-0.4, -0.2) is 11.8 Å². The van der Waals surface area contributed by atoms with E-state index in [2.05, 4.69) is 13.8 Å². The minimum absolute atomic E-state index is 0.701. The van der Waals surface area contributed by atoms with Gasteiger partial charge in [-0.1, -0.05) is 33.1 Å². The van der Waals surface area contributed by atoms with E-state index < -0.39 is 0 Å². The zero-order chi connectivity index (χ0) is 9.26. The Morgan fingerprint density at radius 1 is 1.23 bits per heavy atom. The van der Waals surface area contributed by atoms with Crippen LogP contribution in [0.4, 0.5) is 0 Å². The fraction of sp³-hybridized carbons (Fsp3) is 0.917. The van der Waals surface area contributed by atoms with Gasteiger partial charge >= 0.3 is 0 Å². The van der Waals surface area contributed by atoms with Crippen molar-refractivity contribution in [2.24, 2.45) is 16.8 Å². The Morgan fingerprint density at radius 3 is 2.77 bits per heavy atom. The Morgan fingerprint density at radius 2 is 2.00 bits per heavy atom. The van der Waals surface area contributed by atoms with Crippen molar-refractivity contribution in [2.75, 3.05) is 0 Å². The number of hydrogen-bond acceptors (Lipinski definition) is 1. The minimum atomic E-state index is 0.701. The van der Waals surface area contributed by atoms with Crippen molar-refractivity contribution >= 4 is 5.71 Å². The number of hydrogen-bond donors (Lipinski definition) is 0. The van der Waals surface area contributed by atoms with Crippen LogP contribution in [0.5, 0.6) is 0 Å². The molecular formula is C12H21N. The van der Waals surface area contributed by atoms with Gasteiger partial charge in [0.1, 0.15) is 0 Å². The van der Waals surface area contributed by atoms with Crippen molar-refractivity contribution in [2.45, 2.75) is 58.4 Å². The highest BCUT2D eigenvalue weighted by atomic mass is 14.9. The highest BCUT2D eigenvalue weighted by molar-refractivity contribution is 5.88. The van der Waals surface area contributed by atoms with E-state index in [4.69, 9.17) is 4.99 Å². The zero-order valence-electron chi connectivity index (χ0n) is 8.92. The third kappa shape index (κ3) is 1.66. The topological polar surface area (TPSA) is 12.4 Å². The van der Waals surface area contributed by atoms with Crippen molar-refractivity contribution in [3.8, 4) is 0 Å². The second kappa shape index (κ2) is 3.81. The van der Waals surface area contributed by atoms with Gasteiger partial charge in [-0.05, 0) is 31.1 Å². The largest absolute Gasteiger partial charge is 0.290 e. The molecule has 0 N–H and O–H groups in total. The van der Waals surface area contributed by atoms with Crippen molar-refractivity contribution in [1.29, 1.82) is 0 Å². The lowest BCUT2D eigenvalue weighted by Gasteiger charge is -2.19. The first-order chi connectivity index (χ1) is 6.33. The number of aliphatic imine (C=N–C) groups is 1. The molecule has 1 nitrogen and oxygen atoms in total. The van der Waals surface area contributed by atoms with E-state index in [1.54, 1.807) is 0 Å². The molecule has 0 saturated heterocycles. The van der Waals surface area contributed by atoms with Crippen LogP contribution in [0.15, 0.2) is 4.99 Å². The van der Waals surface area contributed by atoms with Gasteiger partial charge < -0.3 is 0 Å². The smallest absolute Gasteiger partial charge is 0.0533 e. The van der Waals surface area contributed by atoms with Crippen LogP contribution in [-0.2, 0) is 0 Å². The van der Waals surface area contributed by atoms with Gasteiger partial charge in [0.2, 0.25) is 0 Å². The molecular weight excluding hydrogens is 158 g/mol. The summed E-state index contributed by atoms with van der Waals surface area (Å²) in [6, 6.07) is 0.701. The number of fused-ring (bicyclic) bond motifs is 1. The molecule has 0 aromatic heterocycles. The molecule has 1 aliphatic heterocycles. The molecule has 3 atom stereocenters. The fourth-order valence-electron chi connectivity index (χ4n) is 3.05. The van der Waals surface area contributed by atoms with Crippen molar-refractivity contribution in [3.63, 3.8) is 0 Å². The fourth-order valence-corrected chi connectivity index (χ4v) is 3.05. The van der Waals surface area contributed by atoms with Crippen LogP contribution in [0.25, 0.3) is 0 Å². The predicted octanol–water partition coefficient (Wildman–Crippen LogP) is 3.44. The molecule has 0 radical (unpaired) electrons. The normalized spacial score (nSPS) is 39.5. The van der Waals surface area contributed by atoms with E-state index in [1.165, 1.54) is 44.2 Å². The van der Waals surface area contributed by atoms with Gasteiger partial charge in [-0.2, -0.15) is 0 Å². The van der Waals surface area contributed by atoms with Crippen molar-refractivity contribution in [1.82, 2.24) is 0 Å². The lowest BCUT2D eigenvalue weighted by atomic mass is 9.84. The maximum atomic E-state index is 4.89. The first-order valence-electron chi connectivity index (χ1n) is 5.89. The molecule has 2 rings (SSSR count). The number of rotatable bonds is 1. The van der Waals surface area contributed by atoms with Gasteiger partial charge in [-0.25, -0.2) is 0 Å². The minimum Gasteiger partial charge on any atom is -0.290 e. The summed E-state index contributed by atoms with van der Waals surface area (Å²) in [7, 11) is 0. The lowest BCUT2D eigenvalue weighted by Crippen LogP contribution is -2.19. The zero-order valence-corrected chi connectivity index (χ0v) is 8.92. The summed E-state index contributed by atoms with van der Waals surface area (Å²) in [6.07, 6.45) is 8.26. The van der Waals surface area contributed by atoms with Crippen molar-refractivity contribution < 1.29 is 0 Å². The maximum Gasteiger partial charge on any atom is 0.0533 e. The quantitative estimate of drug-likeness (QED) is 0.584. The van der Waals surface area contributed by atoms with E-state index in [9.17, 15) is 0 Å². The van der Waals surface area contributed by atoms with Crippen LogP contribution >= 0.6 is 0 Å². The molecule has 1 aliphatic carbocycles. The molecule has 3 unspecified atom stereocenters. The molecule has 1 saturated carbocycles. The second-order valence-corrected chi connectivity index (χ2v) is 4.63.